The van der Waals surface area contributed by atoms with Crippen LogP contribution in [0.2, 0.25) is 0 Å². The maximum absolute atomic E-state index is 13.6. The third-order valence-corrected chi connectivity index (χ3v) is 3.73. The molecule has 1 aliphatic heterocycles. The number of halogens is 3. The van der Waals surface area contributed by atoms with Gasteiger partial charge in [0.2, 0.25) is 0 Å². The van der Waals surface area contributed by atoms with Gasteiger partial charge in [-0.05, 0) is 32.4 Å². The summed E-state index contributed by atoms with van der Waals surface area (Å²) in [6.45, 7) is 3.00. The predicted octanol–water partition coefficient (Wildman–Crippen LogP) is 2.81. The Morgan fingerprint density at radius 1 is 1.21 bits per heavy atom. The second-order valence-corrected chi connectivity index (χ2v) is 5.25. The SMILES string of the molecule is CC(N)C1CCCCN1Cc1cc(F)c(F)cc1F. The molecule has 0 amide bonds. The molecular weight excluding hydrogens is 253 g/mol. The first kappa shape index (κ1) is 14.3. The van der Waals surface area contributed by atoms with Crippen molar-refractivity contribution in [2.45, 2.75) is 44.8 Å². The minimum atomic E-state index is -1.15. The number of piperidine rings is 1. The highest BCUT2D eigenvalue weighted by molar-refractivity contribution is 5.20. The Hall–Kier alpha value is -1.07. The van der Waals surface area contributed by atoms with Crippen molar-refractivity contribution < 1.29 is 13.2 Å². The van der Waals surface area contributed by atoms with E-state index in [-0.39, 0.29) is 24.2 Å². The zero-order valence-corrected chi connectivity index (χ0v) is 11.0. The Kier molecular flexibility index (Phi) is 4.47. The minimum Gasteiger partial charge on any atom is -0.327 e. The van der Waals surface area contributed by atoms with E-state index in [1.807, 2.05) is 6.92 Å². The van der Waals surface area contributed by atoms with Gasteiger partial charge in [0, 0.05) is 30.3 Å². The Balaban J connectivity index is 2.17. The van der Waals surface area contributed by atoms with Crippen molar-refractivity contribution in [3.8, 4) is 0 Å². The summed E-state index contributed by atoms with van der Waals surface area (Å²) in [5.41, 5.74) is 6.12. The van der Waals surface area contributed by atoms with Crippen LogP contribution in [0.15, 0.2) is 12.1 Å². The molecule has 106 valence electrons. The largest absolute Gasteiger partial charge is 0.327 e. The fourth-order valence-corrected chi connectivity index (χ4v) is 2.71. The van der Waals surface area contributed by atoms with Gasteiger partial charge >= 0.3 is 0 Å². The van der Waals surface area contributed by atoms with E-state index in [0.717, 1.165) is 31.9 Å². The van der Waals surface area contributed by atoms with Crippen molar-refractivity contribution in [1.29, 1.82) is 0 Å². The van der Waals surface area contributed by atoms with Gasteiger partial charge in [0.25, 0.3) is 0 Å². The molecule has 0 bridgehead atoms. The van der Waals surface area contributed by atoms with Crippen LogP contribution in [0, 0.1) is 17.5 Å². The van der Waals surface area contributed by atoms with Crippen LogP contribution < -0.4 is 5.73 Å². The van der Waals surface area contributed by atoms with Gasteiger partial charge in [-0.25, -0.2) is 13.2 Å². The highest BCUT2D eigenvalue weighted by Crippen LogP contribution is 2.23. The van der Waals surface area contributed by atoms with Crippen LogP contribution in [-0.4, -0.2) is 23.5 Å². The maximum Gasteiger partial charge on any atom is 0.161 e. The first-order valence-electron chi connectivity index (χ1n) is 6.62. The third kappa shape index (κ3) is 3.28. The quantitative estimate of drug-likeness (QED) is 0.857. The summed E-state index contributed by atoms with van der Waals surface area (Å²) in [5.74, 6) is -2.86. The second kappa shape index (κ2) is 5.92. The monoisotopic (exact) mass is 272 g/mol. The van der Waals surface area contributed by atoms with Gasteiger partial charge in [0.15, 0.2) is 11.6 Å². The van der Waals surface area contributed by atoms with Gasteiger partial charge in [0.05, 0.1) is 0 Å². The second-order valence-electron chi connectivity index (χ2n) is 5.25. The van der Waals surface area contributed by atoms with E-state index >= 15 is 0 Å². The molecule has 1 aromatic carbocycles. The van der Waals surface area contributed by atoms with Crippen molar-refractivity contribution in [3.05, 3.63) is 35.1 Å². The average molecular weight is 272 g/mol. The van der Waals surface area contributed by atoms with Crippen molar-refractivity contribution in [1.82, 2.24) is 4.90 Å². The molecule has 0 saturated carbocycles. The van der Waals surface area contributed by atoms with Gasteiger partial charge in [-0.15, -0.1) is 0 Å². The molecule has 2 N–H and O–H groups in total. The summed E-state index contributed by atoms with van der Waals surface area (Å²) in [5, 5.41) is 0. The molecule has 2 atom stereocenters. The topological polar surface area (TPSA) is 29.3 Å². The molecule has 2 unspecified atom stereocenters. The van der Waals surface area contributed by atoms with Crippen molar-refractivity contribution in [2.24, 2.45) is 5.73 Å². The highest BCUT2D eigenvalue weighted by Gasteiger charge is 2.26. The molecular formula is C14H19F3N2. The fraction of sp³-hybridized carbons (Fsp3) is 0.571. The molecule has 0 spiro atoms. The summed E-state index contributed by atoms with van der Waals surface area (Å²) in [7, 11) is 0. The third-order valence-electron chi connectivity index (χ3n) is 3.73. The first-order valence-corrected chi connectivity index (χ1v) is 6.62. The highest BCUT2D eigenvalue weighted by atomic mass is 19.2. The summed E-state index contributed by atoms with van der Waals surface area (Å²) in [6, 6.07) is 1.70. The molecule has 0 aliphatic carbocycles. The van der Waals surface area contributed by atoms with Crippen LogP contribution in [0.3, 0.4) is 0 Å². The molecule has 0 aromatic heterocycles. The molecule has 1 heterocycles. The maximum atomic E-state index is 13.6. The lowest BCUT2D eigenvalue weighted by molar-refractivity contribution is 0.121. The van der Waals surface area contributed by atoms with E-state index in [1.165, 1.54) is 0 Å². The standard InChI is InChI=1S/C14H19F3N2/c1-9(18)14-4-2-3-5-19(14)8-10-6-12(16)13(17)7-11(10)15/h6-7,9,14H,2-5,8,18H2,1H3. The number of likely N-dealkylation sites (tertiary alicyclic amines) is 1. The molecule has 5 heteroatoms. The zero-order valence-electron chi connectivity index (χ0n) is 11.0. The molecule has 0 radical (unpaired) electrons. The van der Waals surface area contributed by atoms with Crippen LogP contribution in [0.1, 0.15) is 31.7 Å². The smallest absolute Gasteiger partial charge is 0.161 e. The van der Waals surface area contributed by atoms with E-state index in [0.29, 0.717) is 6.07 Å². The molecule has 1 saturated heterocycles. The van der Waals surface area contributed by atoms with Crippen LogP contribution in [0.5, 0.6) is 0 Å². The van der Waals surface area contributed by atoms with Crippen LogP contribution in [0.4, 0.5) is 13.2 Å². The molecule has 2 rings (SSSR count). The number of rotatable bonds is 3. The van der Waals surface area contributed by atoms with Crippen LogP contribution >= 0.6 is 0 Å². The Labute approximate surface area is 111 Å². The Morgan fingerprint density at radius 3 is 2.58 bits per heavy atom. The normalized spacial score (nSPS) is 22.5. The number of hydrogen-bond donors (Lipinski definition) is 1. The molecule has 1 aliphatic rings. The van der Waals surface area contributed by atoms with Crippen molar-refractivity contribution in [2.75, 3.05) is 6.54 Å². The number of nitrogens with zero attached hydrogens (tertiary/aromatic N) is 1. The Bertz CT molecular complexity index is 449. The summed E-state index contributed by atoms with van der Waals surface area (Å²) < 4.78 is 39.7. The van der Waals surface area contributed by atoms with E-state index in [2.05, 4.69) is 4.90 Å². The number of nitrogens with two attached hydrogens (primary N) is 1. The average Bonchev–Trinajstić information content (AvgIpc) is 2.36. The van der Waals surface area contributed by atoms with Gasteiger partial charge in [-0.3, -0.25) is 4.90 Å². The van der Waals surface area contributed by atoms with E-state index in [9.17, 15) is 13.2 Å². The minimum absolute atomic E-state index is 0.0198. The Morgan fingerprint density at radius 2 is 1.89 bits per heavy atom. The molecule has 2 nitrogen and oxygen atoms in total. The number of benzene rings is 1. The van der Waals surface area contributed by atoms with Gasteiger partial charge in [-0.1, -0.05) is 6.42 Å². The lowest BCUT2D eigenvalue weighted by atomic mass is 9.96. The van der Waals surface area contributed by atoms with Gasteiger partial charge in [-0.2, -0.15) is 0 Å². The van der Waals surface area contributed by atoms with Crippen molar-refractivity contribution in [3.63, 3.8) is 0 Å². The van der Waals surface area contributed by atoms with Gasteiger partial charge in [0.1, 0.15) is 5.82 Å². The number of hydrogen-bond acceptors (Lipinski definition) is 2. The molecule has 1 fully saturated rings. The zero-order chi connectivity index (χ0) is 14.0. The predicted molar refractivity (Wildman–Crippen MR) is 68.0 cm³/mol. The lowest BCUT2D eigenvalue weighted by Crippen LogP contribution is -2.48. The fourth-order valence-electron chi connectivity index (χ4n) is 2.71. The van der Waals surface area contributed by atoms with E-state index in [1.54, 1.807) is 0 Å². The van der Waals surface area contributed by atoms with Crippen LogP contribution in [-0.2, 0) is 6.54 Å². The first-order chi connectivity index (χ1) is 8.99. The summed E-state index contributed by atoms with van der Waals surface area (Å²) in [6.07, 6.45) is 3.08. The lowest BCUT2D eigenvalue weighted by Gasteiger charge is -2.38. The summed E-state index contributed by atoms with van der Waals surface area (Å²) >= 11 is 0. The molecule has 19 heavy (non-hydrogen) atoms. The van der Waals surface area contributed by atoms with E-state index in [4.69, 9.17) is 5.73 Å². The van der Waals surface area contributed by atoms with Gasteiger partial charge < -0.3 is 5.73 Å². The summed E-state index contributed by atoms with van der Waals surface area (Å²) in [4.78, 5) is 2.06. The van der Waals surface area contributed by atoms with E-state index < -0.39 is 17.5 Å². The van der Waals surface area contributed by atoms with Crippen molar-refractivity contribution >= 4 is 0 Å². The molecule has 1 aromatic rings. The van der Waals surface area contributed by atoms with Crippen LogP contribution in [0.25, 0.3) is 0 Å².